The van der Waals surface area contributed by atoms with Gasteiger partial charge in [-0.1, -0.05) is 81.1 Å². The molecule has 0 fully saturated rings. The highest BCUT2D eigenvalue weighted by Gasteiger charge is 2.31. The average molecular weight is 407 g/mol. The number of anilines is 1. The second kappa shape index (κ2) is 7.49. The first-order valence-corrected chi connectivity index (χ1v) is 9.38. The summed E-state index contributed by atoms with van der Waals surface area (Å²) in [5.74, 6) is 0.513. The summed E-state index contributed by atoms with van der Waals surface area (Å²) in [5, 5.41) is 0. The zero-order valence-corrected chi connectivity index (χ0v) is 16.2. The number of rotatable bonds is 5. The largest absolute Gasteiger partial charge is 0.315 e. The maximum Gasteiger partial charge on any atom is 0.0614 e. The number of fused-ring (bicyclic) bond motifs is 1. The Kier molecular flexibility index (Phi) is 5.90. The molecule has 1 unspecified atom stereocenters. The second-order valence-electron chi connectivity index (χ2n) is 5.98. The highest BCUT2D eigenvalue weighted by Crippen LogP contribution is 2.48. The van der Waals surface area contributed by atoms with Crippen LogP contribution in [-0.4, -0.2) is 0 Å². The van der Waals surface area contributed by atoms with Gasteiger partial charge in [-0.2, -0.15) is 0 Å². The van der Waals surface area contributed by atoms with Gasteiger partial charge in [-0.05, 0) is 42.0 Å². The van der Waals surface area contributed by atoms with Gasteiger partial charge < -0.3 is 4.90 Å². The first-order chi connectivity index (χ1) is 10.5. The summed E-state index contributed by atoms with van der Waals surface area (Å²) in [6, 6.07) is 8.74. The Bertz CT molecular complexity index is 610. The number of allylic oxidation sites excluding steroid dienone is 4. The zero-order chi connectivity index (χ0) is 16.3. The number of halogens is 1. The van der Waals surface area contributed by atoms with Gasteiger partial charge in [0, 0.05) is 11.4 Å². The van der Waals surface area contributed by atoms with Crippen LogP contribution in [0.15, 0.2) is 60.0 Å². The Labute approximate surface area is 148 Å². The Hall–Kier alpha value is -1.03. The number of hydrogen-bond acceptors (Lipinski definition) is 1. The number of alkyl halides is 1. The molecule has 1 atom stereocenters. The van der Waals surface area contributed by atoms with E-state index in [9.17, 15) is 0 Å². The van der Waals surface area contributed by atoms with Gasteiger partial charge >= 0.3 is 0 Å². The van der Waals surface area contributed by atoms with Gasteiger partial charge in [0.2, 0.25) is 0 Å². The molecule has 118 valence electrons. The van der Waals surface area contributed by atoms with Gasteiger partial charge in [0.05, 0.1) is 9.61 Å². The molecule has 1 aromatic carbocycles. The minimum atomic E-state index is 0.422. The molecule has 0 N–H and O–H groups in total. The molecule has 1 nitrogen and oxygen atoms in total. The fraction of sp³-hybridized carbons (Fsp3) is 0.400. The lowest BCUT2D eigenvalue weighted by Gasteiger charge is -2.39. The summed E-state index contributed by atoms with van der Waals surface area (Å²) in [4.78, 5) is 2.37. The van der Waals surface area contributed by atoms with Gasteiger partial charge in [0.1, 0.15) is 0 Å². The van der Waals surface area contributed by atoms with E-state index in [1.807, 2.05) is 0 Å². The molecule has 1 aliphatic rings. The van der Waals surface area contributed by atoms with Crippen molar-refractivity contribution < 1.29 is 0 Å². The highest BCUT2D eigenvalue weighted by atomic mass is 127. The van der Waals surface area contributed by atoms with Crippen LogP contribution in [0.3, 0.4) is 0 Å². The summed E-state index contributed by atoms with van der Waals surface area (Å²) in [5.41, 5.74) is 6.66. The maximum atomic E-state index is 4.33. The van der Waals surface area contributed by atoms with Crippen LogP contribution in [-0.2, 0) is 0 Å². The lowest BCUT2D eigenvalue weighted by molar-refractivity contribution is 0.715. The molecule has 0 amide bonds. The van der Waals surface area contributed by atoms with Gasteiger partial charge in [0.25, 0.3) is 0 Å². The molecule has 2 rings (SSSR count). The van der Waals surface area contributed by atoms with Gasteiger partial charge in [-0.3, -0.25) is 0 Å². The molecule has 0 bridgehead atoms. The van der Waals surface area contributed by atoms with Gasteiger partial charge in [-0.25, -0.2) is 0 Å². The van der Waals surface area contributed by atoms with Crippen molar-refractivity contribution in [2.45, 2.75) is 44.5 Å². The van der Waals surface area contributed by atoms with E-state index in [-0.39, 0.29) is 0 Å². The Morgan fingerprint density at radius 1 is 1.32 bits per heavy atom. The molecule has 0 spiro atoms. The SMILES string of the molecule is C=C(CC)N1C(/C=C\CC)=C(C(C)C)C(I)c2ccccc21. The van der Waals surface area contributed by atoms with Crippen LogP contribution in [0.1, 0.15) is 50.0 Å². The van der Waals surface area contributed by atoms with E-state index in [0.717, 1.165) is 18.5 Å². The summed E-state index contributed by atoms with van der Waals surface area (Å²) >= 11 is 2.59. The van der Waals surface area contributed by atoms with Crippen molar-refractivity contribution in [1.29, 1.82) is 0 Å². The first-order valence-electron chi connectivity index (χ1n) is 8.14. The van der Waals surface area contributed by atoms with Crippen molar-refractivity contribution >= 4 is 28.3 Å². The molecule has 0 radical (unpaired) electrons. The normalized spacial score (nSPS) is 18.3. The molecular weight excluding hydrogens is 381 g/mol. The van der Waals surface area contributed by atoms with Crippen LogP contribution in [0.25, 0.3) is 0 Å². The fourth-order valence-electron chi connectivity index (χ4n) is 2.95. The molecule has 0 aliphatic carbocycles. The van der Waals surface area contributed by atoms with E-state index >= 15 is 0 Å². The molecule has 0 aromatic heterocycles. The van der Waals surface area contributed by atoms with E-state index in [4.69, 9.17) is 0 Å². The summed E-state index contributed by atoms with van der Waals surface area (Å²) in [6.45, 7) is 13.3. The molecule has 0 saturated heterocycles. The Morgan fingerprint density at radius 2 is 2.00 bits per heavy atom. The molecular formula is C20H26IN. The predicted octanol–water partition coefficient (Wildman–Crippen LogP) is 6.78. The minimum absolute atomic E-state index is 0.422. The van der Waals surface area contributed by atoms with Crippen LogP contribution in [0.2, 0.25) is 0 Å². The quantitative estimate of drug-likeness (QED) is 0.384. The molecule has 1 aromatic rings. The highest BCUT2D eigenvalue weighted by molar-refractivity contribution is 14.1. The number of benzene rings is 1. The number of hydrogen-bond donors (Lipinski definition) is 0. The smallest absolute Gasteiger partial charge is 0.0614 e. The van der Waals surface area contributed by atoms with Crippen molar-refractivity contribution in [3.05, 3.63) is 65.5 Å². The lowest BCUT2D eigenvalue weighted by Crippen LogP contribution is -2.29. The van der Waals surface area contributed by atoms with E-state index in [0.29, 0.717) is 9.84 Å². The van der Waals surface area contributed by atoms with Crippen LogP contribution in [0, 0.1) is 5.92 Å². The van der Waals surface area contributed by atoms with E-state index in [1.165, 1.54) is 22.5 Å². The van der Waals surface area contributed by atoms with Crippen LogP contribution >= 0.6 is 22.6 Å². The van der Waals surface area contributed by atoms with Crippen molar-refractivity contribution in [3.8, 4) is 0 Å². The summed E-state index contributed by atoms with van der Waals surface area (Å²) in [7, 11) is 0. The van der Waals surface area contributed by atoms with E-state index in [1.54, 1.807) is 0 Å². The number of nitrogens with zero attached hydrogens (tertiary/aromatic N) is 1. The molecule has 0 saturated carbocycles. The average Bonchev–Trinajstić information content (AvgIpc) is 2.52. The van der Waals surface area contributed by atoms with Crippen molar-refractivity contribution in [1.82, 2.24) is 0 Å². The minimum Gasteiger partial charge on any atom is -0.315 e. The molecule has 22 heavy (non-hydrogen) atoms. The lowest BCUT2D eigenvalue weighted by atomic mass is 9.88. The second-order valence-corrected chi connectivity index (χ2v) is 7.23. The summed E-state index contributed by atoms with van der Waals surface area (Å²) in [6.07, 6.45) is 6.55. The third kappa shape index (κ3) is 3.17. The van der Waals surface area contributed by atoms with Gasteiger partial charge in [0.15, 0.2) is 0 Å². The molecule has 1 aliphatic heterocycles. The van der Waals surface area contributed by atoms with Crippen LogP contribution < -0.4 is 4.90 Å². The third-order valence-electron chi connectivity index (χ3n) is 4.12. The molecule has 2 heteroatoms. The van der Waals surface area contributed by atoms with E-state index < -0.39 is 0 Å². The van der Waals surface area contributed by atoms with Crippen molar-refractivity contribution in [3.63, 3.8) is 0 Å². The van der Waals surface area contributed by atoms with Crippen molar-refractivity contribution in [2.75, 3.05) is 4.90 Å². The summed E-state index contributed by atoms with van der Waals surface area (Å²) < 4.78 is 0.422. The monoisotopic (exact) mass is 407 g/mol. The predicted molar refractivity (Wildman–Crippen MR) is 106 cm³/mol. The standard InChI is InChI=1S/C20H26IN/c1-6-8-12-18-19(14(3)4)20(21)16-11-9-10-13-17(16)22(18)15(5)7-2/h8-14,20H,5-7H2,1-4H3/b12-8-. The van der Waals surface area contributed by atoms with Crippen molar-refractivity contribution in [2.24, 2.45) is 5.92 Å². The zero-order valence-electron chi connectivity index (χ0n) is 14.1. The van der Waals surface area contributed by atoms with Crippen LogP contribution in [0.4, 0.5) is 5.69 Å². The molecule has 1 heterocycles. The van der Waals surface area contributed by atoms with E-state index in [2.05, 4.69) is 98.2 Å². The maximum absolute atomic E-state index is 4.33. The Morgan fingerprint density at radius 3 is 2.59 bits per heavy atom. The van der Waals surface area contributed by atoms with Crippen LogP contribution in [0.5, 0.6) is 0 Å². The Balaban J connectivity index is 2.71. The third-order valence-corrected chi connectivity index (χ3v) is 5.46. The van der Waals surface area contributed by atoms with Gasteiger partial charge in [-0.15, -0.1) is 0 Å². The fourth-order valence-corrected chi connectivity index (χ4v) is 4.51. The topological polar surface area (TPSA) is 3.24 Å². The number of para-hydroxylation sites is 1. The first kappa shape index (κ1) is 17.3.